The molecule has 1 aromatic heterocycles. The Bertz CT molecular complexity index is 1010. The minimum absolute atomic E-state index is 0.0266. The molecule has 0 saturated carbocycles. The predicted molar refractivity (Wildman–Crippen MR) is 115 cm³/mol. The van der Waals surface area contributed by atoms with Gasteiger partial charge in [0.1, 0.15) is 5.82 Å². The first-order chi connectivity index (χ1) is 15.0. The summed E-state index contributed by atoms with van der Waals surface area (Å²) < 4.78 is 19.7. The summed E-state index contributed by atoms with van der Waals surface area (Å²) in [4.78, 5) is 37.4. The van der Waals surface area contributed by atoms with Crippen LogP contribution in [-0.4, -0.2) is 58.5 Å². The molecule has 2 aliphatic heterocycles. The minimum atomic E-state index is -0.748. The second kappa shape index (κ2) is 9.18. The molecule has 0 aliphatic carbocycles. The number of hydrogen-bond donors (Lipinski definition) is 1. The maximum absolute atomic E-state index is 14.0. The summed E-state index contributed by atoms with van der Waals surface area (Å²) >= 11 is 0. The number of hydrogen-bond acceptors (Lipinski definition) is 5. The molecule has 1 N–H and O–H groups in total. The molecular weight excluding hydrogens is 399 g/mol. The highest BCUT2D eigenvalue weighted by Crippen LogP contribution is 2.27. The third kappa shape index (κ3) is 4.63. The quantitative estimate of drug-likeness (QED) is 0.792. The number of benzene rings is 1. The molecule has 0 spiro atoms. The van der Waals surface area contributed by atoms with Gasteiger partial charge in [0, 0.05) is 38.5 Å². The standard InChI is InChI=1S/C23H29FN4O3/c1-3-19(31-20-9-5-4-8-17(20)24)23(30)28-11-6-7-15(13-28)21-25-18-10-12-27(2)14-16(18)22(29)26-21/h4-5,8-9,15,19H,3,6-7,10-14H2,1-2H3,(H,25,26,29)/t15-,19-/m1/s1. The van der Waals surface area contributed by atoms with E-state index in [0.29, 0.717) is 31.9 Å². The highest BCUT2D eigenvalue weighted by atomic mass is 19.1. The molecule has 7 nitrogen and oxygen atoms in total. The zero-order valence-electron chi connectivity index (χ0n) is 18.1. The van der Waals surface area contributed by atoms with E-state index < -0.39 is 11.9 Å². The number of para-hydroxylation sites is 1. The van der Waals surface area contributed by atoms with Gasteiger partial charge in [-0.15, -0.1) is 0 Å². The van der Waals surface area contributed by atoms with Crippen LogP contribution in [0.1, 0.15) is 49.2 Å². The Hall–Kier alpha value is -2.74. The van der Waals surface area contributed by atoms with Crippen molar-refractivity contribution in [1.82, 2.24) is 19.8 Å². The minimum Gasteiger partial charge on any atom is -0.478 e. The largest absolute Gasteiger partial charge is 0.478 e. The van der Waals surface area contributed by atoms with Crippen LogP contribution in [0.3, 0.4) is 0 Å². The van der Waals surface area contributed by atoms with Crippen LogP contribution in [0, 0.1) is 5.82 Å². The Morgan fingerprint density at radius 2 is 2.16 bits per heavy atom. The van der Waals surface area contributed by atoms with E-state index in [1.54, 1.807) is 17.0 Å². The maximum atomic E-state index is 14.0. The first-order valence-electron chi connectivity index (χ1n) is 11.0. The van der Waals surface area contributed by atoms with Crippen molar-refractivity contribution < 1.29 is 13.9 Å². The summed E-state index contributed by atoms with van der Waals surface area (Å²) in [6.07, 6.45) is 2.12. The number of amides is 1. The fourth-order valence-electron chi connectivity index (χ4n) is 4.38. The lowest BCUT2D eigenvalue weighted by Crippen LogP contribution is -2.46. The Morgan fingerprint density at radius 3 is 2.94 bits per heavy atom. The van der Waals surface area contributed by atoms with Crippen LogP contribution in [0.2, 0.25) is 0 Å². The molecule has 166 valence electrons. The van der Waals surface area contributed by atoms with E-state index in [2.05, 4.69) is 9.88 Å². The van der Waals surface area contributed by atoms with Gasteiger partial charge in [0.25, 0.3) is 11.5 Å². The van der Waals surface area contributed by atoms with Gasteiger partial charge in [-0.05, 0) is 38.4 Å². The topological polar surface area (TPSA) is 78.5 Å². The predicted octanol–water partition coefficient (Wildman–Crippen LogP) is 2.46. The highest BCUT2D eigenvalue weighted by Gasteiger charge is 2.32. The van der Waals surface area contributed by atoms with Crippen LogP contribution in [0.5, 0.6) is 5.75 Å². The Kier molecular flexibility index (Phi) is 6.36. The SMILES string of the molecule is CC[C@@H](Oc1ccccc1F)C(=O)N1CCC[C@@H](c2nc3c(c(=O)[nH]2)CN(C)CC3)C1. The lowest BCUT2D eigenvalue weighted by Gasteiger charge is -2.34. The smallest absolute Gasteiger partial charge is 0.263 e. The number of aromatic nitrogens is 2. The zero-order valence-corrected chi connectivity index (χ0v) is 18.1. The van der Waals surface area contributed by atoms with E-state index in [1.165, 1.54) is 12.1 Å². The molecule has 0 bridgehead atoms. The number of piperidine rings is 1. The number of likely N-dealkylation sites (N-methyl/N-ethyl adjacent to an activating group) is 1. The number of ether oxygens (including phenoxy) is 1. The molecule has 2 atom stereocenters. The second-order valence-corrected chi connectivity index (χ2v) is 8.43. The lowest BCUT2D eigenvalue weighted by molar-refractivity contribution is -0.140. The number of nitrogens with zero attached hydrogens (tertiary/aromatic N) is 3. The molecule has 4 rings (SSSR count). The van der Waals surface area contributed by atoms with Crippen molar-refractivity contribution in [2.24, 2.45) is 0 Å². The summed E-state index contributed by atoms with van der Waals surface area (Å²) in [6, 6.07) is 6.12. The Balaban J connectivity index is 1.49. The van der Waals surface area contributed by atoms with Gasteiger partial charge >= 0.3 is 0 Å². The van der Waals surface area contributed by atoms with Gasteiger partial charge in [0.2, 0.25) is 0 Å². The summed E-state index contributed by atoms with van der Waals surface area (Å²) in [6.45, 7) is 4.43. The Morgan fingerprint density at radius 1 is 1.35 bits per heavy atom. The first kappa shape index (κ1) is 21.5. The molecule has 0 unspecified atom stereocenters. The molecule has 1 amide bonds. The molecule has 31 heavy (non-hydrogen) atoms. The number of nitrogens with one attached hydrogen (secondary N) is 1. The van der Waals surface area contributed by atoms with Gasteiger partial charge in [-0.3, -0.25) is 9.59 Å². The summed E-state index contributed by atoms with van der Waals surface area (Å²) in [7, 11) is 1.99. The van der Waals surface area contributed by atoms with Gasteiger partial charge in [-0.25, -0.2) is 9.37 Å². The monoisotopic (exact) mass is 428 g/mol. The normalized spacial score (nSPS) is 20.2. The van der Waals surface area contributed by atoms with E-state index >= 15 is 0 Å². The molecule has 2 aromatic rings. The van der Waals surface area contributed by atoms with Crippen LogP contribution in [-0.2, 0) is 17.8 Å². The number of halogens is 1. The lowest BCUT2D eigenvalue weighted by atomic mass is 9.95. The Labute approximate surface area is 181 Å². The number of rotatable bonds is 5. The maximum Gasteiger partial charge on any atom is 0.263 e. The van der Waals surface area contributed by atoms with Crippen LogP contribution in [0.4, 0.5) is 4.39 Å². The van der Waals surface area contributed by atoms with Crippen LogP contribution in [0.15, 0.2) is 29.1 Å². The fraction of sp³-hybridized carbons (Fsp3) is 0.522. The summed E-state index contributed by atoms with van der Waals surface area (Å²) in [5, 5.41) is 0. The van der Waals surface area contributed by atoms with Gasteiger partial charge in [0.15, 0.2) is 17.7 Å². The number of fused-ring (bicyclic) bond motifs is 1. The van der Waals surface area contributed by atoms with Crippen molar-refractivity contribution in [1.29, 1.82) is 0 Å². The van der Waals surface area contributed by atoms with Crippen molar-refractivity contribution in [3.05, 3.63) is 57.5 Å². The van der Waals surface area contributed by atoms with E-state index in [4.69, 9.17) is 9.72 Å². The fourth-order valence-corrected chi connectivity index (χ4v) is 4.38. The summed E-state index contributed by atoms with van der Waals surface area (Å²) in [5.41, 5.74) is 1.53. The van der Waals surface area contributed by atoms with Gasteiger partial charge in [-0.2, -0.15) is 0 Å². The van der Waals surface area contributed by atoms with Gasteiger partial charge in [-0.1, -0.05) is 19.1 Å². The van der Waals surface area contributed by atoms with Crippen LogP contribution < -0.4 is 10.3 Å². The van der Waals surface area contributed by atoms with Crippen molar-refractivity contribution in [2.45, 2.75) is 51.2 Å². The van der Waals surface area contributed by atoms with Gasteiger partial charge < -0.3 is 19.5 Å². The van der Waals surface area contributed by atoms with Crippen molar-refractivity contribution >= 4 is 5.91 Å². The first-order valence-corrected chi connectivity index (χ1v) is 11.0. The van der Waals surface area contributed by atoms with E-state index in [-0.39, 0.29) is 23.1 Å². The highest BCUT2D eigenvalue weighted by molar-refractivity contribution is 5.81. The molecule has 0 radical (unpaired) electrons. The van der Waals surface area contributed by atoms with E-state index in [1.807, 2.05) is 14.0 Å². The molecule has 1 fully saturated rings. The zero-order chi connectivity index (χ0) is 22.0. The molecule has 2 aliphatic rings. The molecule has 1 aromatic carbocycles. The van der Waals surface area contributed by atoms with E-state index in [0.717, 1.165) is 37.1 Å². The molecule has 8 heteroatoms. The number of aromatic amines is 1. The third-order valence-corrected chi connectivity index (χ3v) is 6.15. The van der Waals surface area contributed by atoms with Crippen molar-refractivity contribution in [2.75, 3.05) is 26.7 Å². The number of carbonyl (C=O) groups excluding carboxylic acids is 1. The van der Waals surface area contributed by atoms with Crippen LogP contribution in [0.25, 0.3) is 0 Å². The number of H-pyrrole nitrogens is 1. The molecule has 3 heterocycles. The third-order valence-electron chi connectivity index (χ3n) is 6.15. The average molecular weight is 429 g/mol. The van der Waals surface area contributed by atoms with Crippen molar-refractivity contribution in [3.63, 3.8) is 0 Å². The van der Waals surface area contributed by atoms with Crippen LogP contribution >= 0.6 is 0 Å². The number of carbonyl (C=O) groups is 1. The molecular formula is C23H29FN4O3. The summed E-state index contributed by atoms with van der Waals surface area (Å²) in [5.74, 6) is 0.0845. The average Bonchev–Trinajstić information content (AvgIpc) is 2.78. The number of likely N-dealkylation sites (tertiary alicyclic amines) is 1. The molecule has 1 saturated heterocycles. The second-order valence-electron chi connectivity index (χ2n) is 8.43. The van der Waals surface area contributed by atoms with E-state index in [9.17, 15) is 14.0 Å². The van der Waals surface area contributed by atoms with Gasteiger partial charge in [0.05, 0.1) is 11.3 Å². The van der Waals surface area contributed by atoms with Crippen molar-refractivity contribution in [3.8, 4) is 5.75 Å².